The minimum absolute atomic E-state index is 0.322. The molecule has 2 aromatic rings. The van der Waals surface area contributed by atoms with Gasteiger partial charge in [-0.1, -0.05) is 18.2 Å². The van der Waals surface area contributed by atoms with Gasteiger partial charge in [0.1, 0.15) is 0 Å². The van der Waals surface area contributed by atoms with Gasteiger partial charge in [0.25, 0.3) is 6.47 Å². The molecule has 0 spiro atoms. The zero-order valence-electron chi connectivity index (χ0n) is 12.2. The van der Waals surface area contributed by atoms with Gasteiger partial charge in [0.15, 0.2) is 5.75 Å². The Balaban J connectivity index is 1.43. The highest BCUT2D eigenvalue weighted by molar-refractivity contribution is 5.45. The van der Waals surface area contributed by atoms with Crippen LogP contribution >= 0.6 is 0 Å². The van der Waals surface area contributed by atoms with Crippen LogP contribution in [-0.4, -0.2) is 22.5 Å². The van der Waals surface area contributed by atoms with Crippen LogP contribution in [0.5, 0.6) is 5.75 Å². The summed E-state index contributed by atoms with van der Waals surface area (Å²) in [5, 5.41) is 3.36. The molecule has 1 N–H and O–H groups in total. The summed E-state index contributed by atoms with van der Waals surface area (Å²) in [5.74, 6) is 1.72. The third-order valence-electron chi connectivity index (χ3n) is 4.36. The van der Waals surface area contributed by atoms with E-state index in [1.807, 2.05) is 0 Å². The summed E-state index contributed by atoms with van der Waals surface area (Å²) in [5.41, 5.74) is 4.36. The molecule has 5 nitrogen and oxygen atoms in total. The Labute approximate surface area is 128 Å². The third-order valence-corrected chi connectivity index (χ3v) is 4.36. The number of nitrogens with one attached hydrogen (secondary N) is 1. The van der Waals surface area contributed by atoms with Crippen molar-refractivity contribution in [2.45, 2.75) is 37.6 Å². The maximum absolute atomic E-state index is 10.3. The van der Waals surface area contributed by atoms with E-state index in [-0.39, 0.29) is 0 Å². The normalized spacial score (nSPS) is 19.5. The monoisotopic (exact) mass is 295 g/mol. The highest BCUT2D eigenvalue weighted by Crippen LogP contribution is 2.41. The second kappa shape index (κ2) is 5.40. The van der Waals surface area contributed by atoms with Gasteiger partial charge in [-0.2, -0.15) is 0 Å². The van der Waals surface area contributed by atoms with E-state index in [2.05, 4.69) is 38.2 Å². The first-order valence-corrected chi connectivity index (χ1v) is 7.62. The van der Waals surface area contributed by atoms with E-state index in [4.69, 9.17) is 0 Å². The zero-order valence-corrected chi connectivity index (χ0v) is 12.2. The van der Waals surface area contributed by atoms with E-state index in [1.54, 1.807) is 0 Å². The molecule has 2 aliphatic carbocycles. The molecule has 0 aliphatic heterocycles. The van der Waals surface area contributed by atoms with Crippen molar-refractivity contribution in [2.75, 3.05) is 5.32 Å². The Kier molecular flexibility index (Phi) is 3.25. The van der Waals surface area contributed by atoms with Crippen molar-refractivity contribution in [1.29, 1.82) is 0 Å². The van der Waals surface area contributed by atoms with Crippen LogP contribution in [0.2, 0.25) is 0 Å². The minimum Gasteiger partial charge on any atom is -0.425 e. The molecule has 4 rings (SSSR count). The van der Waals surface area contributed by atoms with Crippen molar-refractivity contribution in [3.05, 3.63) is 47.3 Å². The Morgan fingerprint density at radius 3 is 2.64 bits per heavy atom. The number of anilines is 1. The summed E-state index contributed by atoms with van der Waals surface area (Å²) in [6.07, 6.45) is 7.67. The predicted octanol–water partition coefficient (Wildman–Crippen LogP) is 2.47. The Morgan fingerprint density at radius 2 is 1.91 bits per heavy atom. The van der Waals surface area contributed by atoms with Crippen molar-refractivity contribution in [3.8, 4) is 5.75 Å². The second-order valence-corrected chi connectivity index (χ2v) is 6.01. The maximum Gasteiger partial charge on any atom is 0.298 e. The molecule has 0 radical (unpaired) electrons. The van der Waals surface area contributed by atoms with Crippen LogP contribution in [-0.2, 0) is 17.6 Å². The quantitative estimate of drug-likeness (QED) is 0.858. The van der Waals surface area contributed by atoms with Crippen molar-refractivity contribution in [3.63, 3.8) is 0 Å². The van der Waals surface area contributed by atoms with Gasteiger partial charge in [0, 0.05) is 6.04 Å². The Hall–Kier alpha value is -2.43. The number of rotatable bonds is 5. The lowest BCUT2D eigenvalue weighted by Crippen LogP contribution is -2.20. The number of benzene rings is 1. The van der Waals surface area contributed by atoms with Crippen LogP contribution in [0.1, 0.15) is 35.4 Å². The number of ether oxygens (including phenoxy) is 1. The fourth-order valence-corrected chi connectivity index (χ4v) is 3.10. The van der Waals surface area contributed by atoms with Gasteiger partial charge in [0.05, 0.1) is 12.4 Å². The molecular formula is C17H17N3O2. The lowest BCUT2D eigenvalue weighted by Gasteiger charge is -2.11. The van der Waals surface area contributed by atoms with E-state index in [1.165, 1.54) is 41.9 Å². The Morgan fingerprint density at radius 1 is 1.14 bits per heavy atom. The van der Waals surface area contributed by atoms with Crippen LogP contribution in [0.4, 0.5) is 5.95 Å². The standard InChI is InChI=1S/C17H17N3O2/c21-10-22-16-8-18-17(19-9-16)20-15-6-13-4-3-12(11-1-2-11)5-14(13)7-15/h3-5,8-11,15H,1-2,6-7H2,(H,18,19,20). The molecule has 1 aromatic heterocycles. The summed E-state index contributed by atoms with van der Waals surface area (Å²) in [6, 6.07) is 7.24. The number of hydrogen-bond donors (Lipinski definition) is 1. The van der Waals surface area contributed by atoms with Crippen molar-refractivity contribution >= 4 is 12.4 Å². The predicted molar refractivity (Wildman–Crippen MR) is 82.0 cm³/mol. The third kappa shape index (κ3) is 2.66. The van der Waals surface area contributed by atoms with E-state index in [9.17, 15) is 4.79 Å². The smallest absolute Gasteiger partial charge is 0.298 e. The van der Waals surface area contributed by atoms with E-state index < -0.39 is 0 Å². The highest BCUT2D eigenvalue weighted by atomic mass is 16.5. The zero-order chi connectivity index (χ0) is 14.9. The molecule has 1 atom stereocenters. The van der Waals surface area contributed by atoms with Crippen LogP contribution in [0.15, 0.2) is 30.6 Å². The number of hydrogen-bond acceptors (Lipinski definition) is 5. The van der Waals surface area contributed by atoms with Gasteiger partial charge in [-0.05, 0) is 48.3 Å². The average molecular weight is 295 g/mol. The molecule has 1 aromatic carbocycles. The van der Waals surface area contributed by atoms with Crippen molar-refractivity contribution < 1.29 is 9.53 Å². The SMILES string of the molecule is O=COc1cnc(NC2Cc3ccc(C4CC4)cc3C2)nc1. The van der Waals surface area contributed by atoms with Gasteiger partial charge >= 0.3 is 0 Å². The van der Waals surface area contributed by atoms with E-state index in [0.717, 1.165) is 18.8 Å². The van der Waals surface area contributed by atoms with Gasteiger partial charge in [-0.15, -0.1) is 0 Å². The van der Waals surface area contributed by atoms with E-state index in [0.29, 0.717) is 24.2 Å². The van der Waals surface area contributed by atoms with Crippen LogP contribution in [0.25, 0.3) is 0 Å². The second-order valence-electron chi connectivity index (χ2n) is 6.01. The number of carbonyl (C=O) groups excluding carboxylic acids is 1. The molecule has 22 heavy (non-hydrogen) atoms. The number of aromatic nitrogens is 2. The molecule has 0 amide bonds. The molecular weight excluding hydrogens is 278 g/mol. The fourth-order valence-electron chi connectivity index (χ4n) is 3.10. The summed E-state index contributed by atoms with van der Waals surface area (Å²) in [7, 11) is 0. The van der Waals surface area contributed by atoms with Crippen LogP contribution < -0.4 is 10.1 Å². The van der Waals surface area contributed by atoms with Crippen LogP contribution in [0, 0.1) is 0 Å². The summed E-state index contributed by atoms with van der Waals surface area (Å²) >= 11 is 0. The first kappa shape index (κ1) is 13.2. The topological polar surface area (TPSA) is 64.1 Å². The lowest BCUT2D eigenvalue weighted by molar-refractivity contribution is -0.120. The van der Waals surface area contributed by atoms with Crippen molar-refractivity contribution in [2.24, 2.45) is 0 Å². The molecule has 112 valence electrons. The molecule has 1 heterocycles. The first-order chi connectivity index (χ1) is 10.8. The summed E-state index contributed by atoms with van der Waals surface area (Å²) in [6.45, 7) is 0.372. The molecule has 1 saturated carbocycles. The highest BCUT2D eigenvalue weighted by Gasteiger charge is 2.27. The number of nitrogens with zero attached hydrogens (tertiary/aromatic N) is 2. The minimum atomic E-state index is 0.322. The van der Waals surface area contributed by atoms with E-state index >= 15 is 0 Å². The largest absolute Gasteiger partial charge is 0.425 e. The molecule has 5 heteroatoms. The summed E-state index contributed by atoms with van der Waals surface area (Å²) in [4.78, 5) is 18.6. The van der Waals surface area contributed by atoms with Crippen molar-refractivity contribution in [1.82, 2.24) is 9.97 Å². The van der Waals surface area contributed by atoms with Gasteiger partial charge in [0.2, 0.25) is 5.95 Å². The fraction of sp³-hybridized carbons (Fsp3) is 0.353. The number of carbonyl (C=O) groups is 1. The van der Waals surface area contributed by atoms with Gasteiger partial charge in [-0.3, -0.25) is 4.79 Å². The molecule has 2 aliphatic rings. The molecule has 0 saturated heterocycles. The van der Waals surface area contributed by atoms with Gasteiger partial charge in [-0.25, -0.2) is 9.97 Å². The summed E-state index contributed by atoms with van der Waals surface area (Å²) < 4.78 is 4.69. The molecule has 0 bridgehead atoms. The van der Waals surface area contributed by atoms with Gasteiger partial charge < -0.3 is 10.1 Å². The molecule has 1 unspecified atom stereocenters. The average Bonchev–Trinajstić information content (AvgIpc) is 3.30. The lowest BCUT2D eigenvalue weighted by atomic mass is 10.0. The maximum atomic E-state index is 10.3. The Bertz CT molecular complexity index is 696. The van der Waals surface area contributed by atoms with Crippen LogP contribution in [0.3, 0.4) is 0 Å². The molecule has 1 fully saturated rings. The number of fused-ring (bicyclic) bond motifs is 1. The first-order valence-electron chi connectivity index (χ1n) is 7.62.